The van der Waals surface area contributed by atoms with Gasteiger partial charge < -0.3 is 5.32 Å². The predicted molar refractivity (Wildman–Crippen MR) is 82.0 cm³/mol. The number of aryl methyl sites for hydroxylation is 1. The zero-order chi connectivity index (χ0) is 14.5. The van der Waals surface area contributed by atoms with Crippen LogP contribution in [0.3, 0.4) is 0 Å². The second-order valence-corrected chi connectivity index (χ2v) is 6.57. The van der Waals surface area contributed by atoms with E-state index in [1.165, 1.54) is 0 Å². The minimum Gasteiger partial charge on any atom is -0.352 e. The Morgan fingerprint density at radius 1 is 1.37 bits per heavy atom. The fraction of sp³-hybridized carbons (Fsp3) is 0.364. The van der Waals surface area contributed by atoms with Crippen molar-refractivity contribution in [3.05, 3.63) is 32.9 Å². The van der Waals surface area contributed by atoms with Gasteiger partial charge in [0.25, 0.3) is 16.1 Å². The number of benzene rings is 1. The SMILES string of the molecule is Cc1ccc(I)c(C(=O)NCCCNS(N)(=O)=O)c1. The van der Waals surface area contributed by atoms with E-state index in [1.54, 1.807) is 0 Å². The van der Waals surface area contributed by atoms with Crippen LogP contribution in [0.2, 0.25) is 0 Å². The van der Waals surface area contributed by atoms with Crippen molar-refractivity contribution in [2.24, 2.45) is 5.14 Å². The average molecular weight is 397 g/mol. The van der Waals surface area contributed by atoms with Gasteiger partial charge in [-0.2, -0.15) is 8.42 Å². The molecule has 0 bridgehead atoms. The number of nitrogens with two attached hydrogens (primary N) is 1. The van der Waals surface area contributed by atoms with Crippen LogP contribution in [0.1, 0.15) is 22.3 Å². The van der Waals surface area contributed by atoms with Crippen LogP contribution in [0.25, 0.3) is 0 Å². The summed E-state index contributed by atoms with van der Waals surface area (Å²) >= 11 is 2.10. The fourth-order valence-corrected chi connectivity index (χ4v) is 2.42. The van der Waals surface area contributed by atoms with E-state index in [1.807, 2.05) is 25.1 Å². The molecule has 106 valence electrons. The van der Waals surface area contributed by atoms with Gasteiger partial charge in [0.05, 0.1) is 5.56 Å². The highest BCUT2D eigenvalue weighted by Gasteiger charge is 2.09. The van der Waals surface area contributed by atoms with Crippen molar-refractivity contribution in [1.29, 1.82) is 0 Å². The first kappa shape index (κ1) is 16.3. The predicted octanol–water partition coefficient (Wildman–Crippen LogP) is 0.513. The number of rotatable bonds is 6. The van der Waals surface area contributed by atoms with Gasteiger partial charge in [0.15, 0.2) is 0 Å². The second-order valence-electron chi connectivity index (χ2n) is 4.03. The number of amides is 1. The van der Waals surface area contributed by atoms with E-state index in [2.05, 4.69) is 32.6 Å². The molecule has 0 spiro atoms. The van der Waals surface area contributed by atoms with E-state index in [-0.39, 0.29) is 12.5 Å². The van der Waals surface area contributed by atoms with Crippen LogP contribution in [0.15, 0.2) is 18.2 Å². The molecule has 8 heteroatoms. The summed E-state index contributed by atoms with van der Waals surface area (Å²) in [6.45, 7) is 2.50. The van der Waals surface area contributed by atoms with Crippen molar-refractivity contribution < 1.29 is 13.2 Å². The number of carbonyl (C=O) groups is 1. The number of carbonyl (C=O) groups excluding carboxylic acids is 1. The van der Waals surface area contributed by atoms with Crippen LogP contribution in [0.5, 0.6) is 0 Å². The summed E-state index contributed by atoms with van der Waals surface area (Å²) < 4.78 is 24.3. The maximum atomic E-state index is 11.9. The van der Waals surface area contributed by atoms with Crippen LogP contribution in [0, 0.1) is 10.5 Å². The molecule has 0 saturated carbocycles. The van der Waals surface area contributed by atoms with E-state index in [0.717, 1.165) is 9.13 Å². The van der Waals surface area contributed by atoms with Gasteiger partial charge in [-0.15, -0.1) is 0 Å². The Morgan fingerprint density at radius 2 is 2.05 bits per heavy atom. The Hall–Kier alpha value is -0.710. The first-order valence-electron chi connectivity index (χ1n) is 5.61. The fourth-order valence-electron chi connectivity index (χ4n) is 1.41. The quantitative estimate of drug-likeness (QED) is 0.482. The number of halogens is 1. The van der Waals surface area contributed by atoms with Gasteiger partial charge in [-0.05, 0) is 48.1 Å². The minimum atomic E-state index is -3.65. The zero-order valence-corrected chi connectivity index (χ0v) is 13.4. The molecule has 6 nitrogen and oxygen atoms in total. The molecule has 4 N–H and O–H groups in total. The van der Waals surface area contributed by atoms with E-state index in [4.69, 9.17) is 5.14 Å². The summed E-state index contributed by atoms with van der Waals surface area (Å²) in [5.41, 5.74) is 1.64. The first-order valence-corrected chi connectivity index (χ1v) is 8.24. The Balaban J connectivity index is 2.42. The third-order valence-electron chi connectivity index (χ3n) is 2.31. The van der Waals surface area contributed by atoms with Gasteiger partial charge in [-0.1, -0.05) is 11.6 Å². The van der Waals surface area contributed by atoms with Crippen molar-refractivity contribution in [2.75, 3.05) is 13.1 Å². The number of nitrogens with one attached hydrogen (secondary N) is 2. The smallest absolute Gasteiger partial charge is 0.274 e. The van der Waals surface area contributed by atoms with E-state index < -0.39 is 10.2 Å². The molecule has 1 aromatic rings. The normalized spacial score (nSPS) is 11.3. The second kappa shape index (κ2) is 7.17. The molecule has 0 radical (unpaired) electrons. The molecule has 0 saturated heterocycles. The Labute approximate surface area is 126 Å². The number of hydrogen-bond donors (Lipinski definition) is 3. The third kappa shape index (κ3) is 6.32. The van der Waals surface area contributed by atoms with Crippen molar-refractivity contribution >= 4 is 38.7 Å². The summed E-state index contributed by atoms with van der Waals surface area (Å²) in [6, 6.07) is 5.64. The largest absolute Gasteiger partial charge is 0.352 e. The first-order chi connectivity index (χ1) is 8.79. The molecule has 1 amide bonds. The molecule has 0 atom stereocenters. The molecule has 19 heavy (non-hydrogen) atoms. The van der Waals surface area contributed by atoms with Crippen LogP contribution in [-0.2, 0) is 10.2 Å². The molecular formula is C11H16IN3O3S. The third-order valence-corrected chi connectivity index (χ3v) is 3.86. The summed E-state index contributed by atoms with van der Waals surface area (Å²) in [6.07, 6.45) is 0.477. The Morgan fingerprint density at radius 3 is 2.68 bits per heavy atom. The van der Waals surface area contributed by atoms with Gasteiger partial charge >= 0.3 is 0 Å². The molecule has 1 aromatic carbocycles. The molecule has 0 aliphatic heterocycles. The van der Waals surface area contributed by atoms with Crippen LogP contribution in [-0.4, -0.2) is 27.4 Å². The van der Waals surface area contributed by atoms with Gasteiger partial charge in [0, 0.05) is 16.7 Å². The molecule has 0 aromatic heterocycles. The summed E-state index contributed by atoms with van der Waals surface area (Å²) in [4.78, 5) is 11.9. The highest BCUT2D eigenvalue weighted by molar-refractivity contribution is 14.1. The topological polar surface area (TPSA) is 101 Å². The molecule has 0 fully saturated rings. The molecule has 0 aliphatic carbocycles. The standard InChI is InChI=1S/C11H16IN3O3S/c1-8-3-4-10(12)9(7-8)11(16)14-5-2-6-15-19(13,17)18/h3-4,7,15H,2,5-6H2,1H3,(H,14,16)(H2,13,17,18). The van der Waals surface area contributed by atoms with E-state index in [9.17, 15) is 13.2 Å². The lowest BCUT2D eigenvalue weighted by Crippen LogP contribution is -2.34. The van der Waals surface area contributed by atoms with E-state index in [0.29, 0.717) is 18.5 Å². The van der Waals surface area contributed by atoms with Crippen molar-refractivity contribution in [3.63, 3.8) is 0 Å². The van der Waals surface area contributed by atoms with Gasteiger partial charge in [0.2, 0.25) is 0 Å². The zero-order valence-electron chi connectivity index (χ0n) is 10.4. The Bertz CT molecular complexity index is 560. The summed E-state index contributed by atoms with van der Waals surface area (Å²) in [5.74, 6) is -0.163. The maximum Gasteiger partial charge on any atom is 0.274 e. The number of hydrogen-bond acceptors (Lipinski definition) is 3. The van der Waals surface area contributed by atoms with Crippen LogP contribution >= 0.6 is 22.6 Å². The minimum absolute atomic E-state index is 0.163. The van der Waals surface area contributed by atoms with Gasteiger partial charge in [-0.3, -0.25) is 4.79 Å². The average Bonchev–Trinajstić information content (AvgIpc) is 2.30. The lowest BCUT2D eigenvalue weighted by atomic mass is 10.1. The van der Waals surface area contributed by atoms with Gasteiger partial charge in [0.1, 0.15) is 0 Å². The van der Waals surface area contributed by atoms with Crippen LogP contribution < -0.4 is 15.2 Å². The summed E-state index contributed by atoms with van der Waals surface area (Å²) in [5, 5.41) is 7.51. The summed E-state index contributed by atoms with van der Waals surface area (Å²) in [7, 11) is -3.65. The van der Waals surface area contributed by atoms with Gasteiger partial charge in [-0.25, -0.2) is 9.86 Å². The molecule has 0 unspecified atom stereocenters. The highest BCUT2D eigenvalue weighted by atomic mass is 127. The van der Waals surface area contributed by atoms with Crippen molar-refractivity contribution in [1.82, 2.24) is 10.0 Å². The molecule has 1 rings (SSSR count). The van der Waals surface area contributed by atoms with Crippen molar-refractivity contribution in [3.8, 4) is 0 Å². The maximum absolute atomic E-state index is 11.9. The van der Waals surface area contributed by atoms with E-state index >= 15 is 0 Å². The molecule has 0 heterocycles. The molecule has 0 aliphatic rings. The van der Waals surface area contributed by atoms with Crippen molar-refractivity contribution in [2.45, 2.75) is 13.3 Å². The highest BCUT2D eigenvalue weighted by Crippen LogP contribution is 2.13. The van der Waals surface area contributed by atoms with Crippen LogP contribution in [0.4, 0.5) is 0 Å². The lowest BCUT2D eigenvalue weighted by Gasteiger charge is -2.08. The Kier molecular flexibility index (Phi) is 6.17. The molecular weight excluding hydrogens is 381 g/mol. The monoisotopic (exact) mass is 397 g/mol. The lowest BCUT2D eigenvalue weighted by molar-refractivity contribution is 0.0952.